The van der Waals surface area contributed by atoms with Crippen LogP contribution in [0.4, 0.5) is 21.5 Å². The number of ketones is 11. The highest BCUT2D eigenvalue weighted by molar-refractivity contribution is 6.55. The Kier molecular flexibility index (Phi) is 18.9. The molecule has 2 saturated carbocycles. The van der Waals surface area contributed by atoms with Gasteiger partial charge in [0.05, 0.1) is 10.6 Å². The van der Waals surface area contributed by atoms with E-state index in [1.54, 1.807) is 34.9 Å². The lowest BCUT2D eigenvalue weighted by Gasteiger charge is -2.18. The maximum Gasteiger partial charge on any atom is 0.270 e. The fourth-order valence-corrected chi connectivity index (χ4v) is 13.0. The molecule has 0 aliphatic heterocycles. The van der Waals surface area contributed by atoms with Crippen LogP contribution >= 0.6 is 0 Å². The maximum absolute atomic E-state index is 13.2. The predicted molar refractivity (Wildman–Crippen MR) is 388 cm³/mol. The van der Waals surface area contributed by atoms with Gasteiger partial charge in [-0.15, -0.1) is 0 Å². The number of fused-ring (bicyclic) bond motifs is 15. The normalized spacial score (nSPS) is 14.6. The second-order valence-corrected chi connectivity index (χ2v) is 28.0. The lowest BCUT2D eigenvalue weighted by molar-refractivity contribution is -0.384. The van der Waals surface area contributed by atoms with Gasteiger partial charge in [0, 0.05) is 142 Å². The molecule has 10 aromatic rings. The molecule has 7 aliphatic rings. The molecule has 107 heavy (non-hydrogen) atoms. The number of carbonyl (C=O) groups excluding carboxylic acids is 12. The van der Waals surface area contributed by atoms with Gasteiger partial charge >= 0.3 is 0 Å². The number of carbonyl (C=O) groups is 12. The molecule has 5 aromatic carbocycles. The van der Waals surface area contributed by atoms with Crippen LogP contribution in [0.2, 0.25) is 0 Å². The first kappa shape index (κ1) is 72.5. The van der Waals surface area contributed by atoms with Crippen molar-refractivity contribution in [1.29, 1.82) is 0 Å². The number of imidazole rings is 5. The van der Waals surface area contributed by atoms with Gasteiger partial charge in [-0.3, -0.25) is 72.2 Å². The summed E-state index contributed by atoms with van der Waals surface area (Å²) in [4.78, 5) is 193. The lowest BCUT2D eigenvalue weighted by atomic mass is 9.88. The van der Waals surface area contributed by atoms with Crippen LogP contribution in [0.15, 0.2) is 91.0 Å². The summed E-state index contributed by atoms with van der Waals surface area (Å²) >= 11 is 0. The third kappa shape index (κ3) is 13.2. The Morgan fingerprint density at radius 1 is 0.495 bits per heavy atom. The number of nitrogen functional groups attached to an aromatic ring is 1. The SMILES string of the molecule is CC(C)c1nc2c([nH]1)C(=O)C(=O)c1cc(F)ccc1-2.CC(C)c1nc2c([nH]1)C(=O)C(=O)c1cc(N(C)C)ccc1-2.CC(C)c1nc2c(n1C(=O)C1CC1)-c1ccc(CC(=O)C3CC3)cc1C(=O)C2=O.CCc1nc2c([nH]1)C(=O)C(=O)c1cc(N)ccc1-2.CCc1nc2c([nH]1)C(=O)C(=O)c1cc([N+](=O)[O-])ccc1-2. The van der Waals surface area contributed by atoms with Crippen LogP contribution < -0.4 is 10.6 Å². The number of Topliss-reactive ketones (excluding diaryl/α,β-unsaturated/α-hetero) is 11. The van der Waals surface area contributed by atoms with Crippen molar-refractivity contribution in [1.82, 2.24) is 49.4 Å². The Balaban J connectivity index is 0.000000120. The second kappa shape index (κ2) is 28.0. The van der Waals surface area contributed by atoms with Crippen LogP contribution in [-0.4, -0.2) is 138 Å². The Bertz CT molecular complexity index is 5610. The predicted octanol–water partition coefficient (Wildman–Crippen LogP) is 12.5. The molecule has 5 heterocycles. The first-order valence-corrected chi connectivity index (χ1v) is 34.8. The zero-order chi connectivity index (χ0) is 76.8. The Hall–Kier alpha value is -12.9. The van der Waals surface area contributed by atoms with Crippen LogP contribution in [0.3, 0.4) is 0 Å². The Morgan fingerprint density at radius 2 is 0.925 bits per heavy atom. The van der Waals surface area contributed by atoms with Crippen molar-refractivity contribution in [3.05, 3.63) is 198 Å². The number of H-pyrrole nitrogens is 4. The van der Waals surface area contributed by atoms with Crippen molar-refractivity contribution >= 4 is 86.6 Å². The van der Waals surface area contributed by atoms with E-state index in [0.29, 0.717) is 109 Å². The highest BCUT2D eigenvalue weighted by Crippen LogP contribution is 2.43. The van der Waals surface area contributed by atoms with E-state index in [2.05, 4.69) is 44.9 Å². The first-order chi connectivity index (χ1) is 50.9. The average Bonchev–Trinajstić information content (AvgIpc) is 1.61. The van der Waals surface area contributed by atoms with E-state index in [-0.39, 0.29) is 92.9 Å². The van der Waals surface area contributed by atoms with E-state index < -0.39 is 68.6 Å². The van der Waals surface area contributed by atoms with Gasteiger partial charge in [0.1, 0.15) is 92.0 Å². The molecule has 0 saturated heterocycles. The number of nitro benzene ring substituents is 1. The molecule has 0 radical (unpaired) electrons. The van der Waals surface area contributed by atoms with E-state index in [9.17, 15) is 72.0 Å². The number of aromatic nitrogens is 10. The summed E-state index contributed by atoms with van der Waals surface area (Å²) in [6.45, 7) is 15.5. The number of hydrogen-bond donors (Lipinski definition) is 5. The molecule has 17 rings (SSSR count). The number of hydrogen-bond acceptors (Lipinski definition) is 21. The van der Waals surface area contributed by atoms with Gasteiger partial charge in [-0.1, -0.05) is 67.5 Å². The molecule has 2 fully saturated rings. The van der Waals surface area contributed by atoms with E-state index in [1.807, 2.05) is 92.6 Å². The highest BCUT2D eigenvalue weighted by Gasteiger charge is 2.43. The van der Waals surface area contributed by atoms with Crippen LogP contribution in [0.5, 0.6) is 0 Å². The van der Waals surface area contributed by atoms with Crippen LogP contribution in [-0.2, 0) is 24.1 Å². The average molecular weight is 1440 g/mol. The van der Waals surface area contributed by atoms with E-state index in [1.165, 1.54) is 30.3 Å². The molecule has 7 aliphatic carbocycles. The molecule has 0 unspecified atom stereocenters. The van der Waals surface area contributed by atoms with Crippen molar-refractivity contribution in [2.75, 3.05) is 24.7 Å². The number of aromatic amines is 4. The minimum atomic E-state index is -0.748. The van der Waals surface area contributed by atoms with Crippen LogP contribution in [0.1, 0.15) is 243 Å². The number of nitro groups is 1. The summed E-state index contributed by atoms with van der Waals surface area (Å²) in [6.07, 6.45) is 5.09. The molecular formula is C79H70FN13O14. The van der Waals surface area contributed by atoms with Crippen molar-refractivity contribution in [3.8, 4) is 56.3 Å². The summed E-state index contributed by atoms with van der Waals surface area (Å²) in [6, 6.07) is 23.4. The fraction of sp³-hybridized carbons (Fsp3) is 0.278. The number of nitrogens with one attached hydrogen (secondary N) is 4. The summed E-state index contributed by atoms with van der Waals surface area (Å²) in [7, 11) is 3.79. The maximum atomic E-state index is 13.2. The molecule has 5 aromatic heterocycles. The standard InChI is InChI=1S/C23H22N2O4.C16H17N3O2.C14H11FN2O2.C13H9N3O4.C13H11N3O2/c1-11(2)22-24-18-19(25(22)23(29)14-6-7-14)15-8-3-12(10-17(26)13-4-5-13)9-16(15)20(27)21(18)28;1-8(2)16-17-12-10-6-5-9(19(3)4)7-11(10)14(20)15(21)13(12)18-16;1-6(2)14-16-10-8-4-3-7(15)5-9(8)12(18)13(19)11(10)17-14;1-2-9-14-10-7-4-3-6(16(19)20)5-8(7)12(17)13(18)11(10)15-9;1-2-9-15-10-7-4-3-6(14)5-8(7)12(17)13(18)11(10)16-9/h3,8-9,11,13-14H,4-7,10H2,1-2H3;5-8H,1-4H3,(H,17,18);3-6H,1-2H3,(H,16,17);3-5H,2H2,1H3,(H,14,15);3-5H,2,14H2,1H3,(H,15,16). The summed E-state index contributed by atoms with van der Waals surface area (Å²) < 4.78 is 14.8. The molecule has 0 atom stereocenters. The summed E-state index contributed by atoms with van der Waals surface area (Å²) in [5.74, 6) is -3.08. The molecule has 542 valence electrons. The fourth-order valence-electron chi connectivity index (χ4n) is 13.0. The van der Waals surface area contributed by atoms with Crippen molar-refractivity contribution in [2.24, 2.45) is 11.8 Å². The largest absolute Gasteiger partial charge is 0.399 e. The molecule has 0 spiro atoms. The number of anilines is 2. The smallest absolute Gasteiger partial charge is 0.270 e. The van der Waals surface area contributed by atoms with Gasteiger partial charge in [-0.05, 0) is 98.0 Å². The lowest BCUT2D eigenvalue weighted by Crippen LogP contribution is -2.24. The number of benzene rings is 5. The molecule has 28 heteroatoms. The topological polar surface area (TPSA) is 410 Å². The van der Waals surface area contributed by atoms with E-state index >= 15 is 0 Å². The molecule has 6 N–H and O–H groups in total. The minimum Gasteiger partial charge on any atom is -0.399 e. The van der Waals surface area contributed by atoms with Gasteiger partial charge in [-0.2, -0.15) is 0 Å². The van der Waals surface area contributed by atoms with Gasteiger partial charge in [0.15, 0.2) is 0 Å². The highest BCUT2D eigenvalue weighted by atomic mass is 19.1. The quantitative estimate of drug-likeness (QED) is 0.0347. The van der Waals surface area contributed by atoms with Crippen molar-refractivity contribution in [2.45, 2.75) is 118 Å². The van der Waals surface area contributed by atoms with Gasteiger partial charge < -0.3 is 30.6 Å². The zero-order valence-corrected chi connectivity index (χ0v) is 59.7. The second-order valence-electron chi connectivity index (χ2n) is 28.0. The summed E-state index contributed by atoms with van der Waals surface area (Å²) in [5, 5.41) is 10.8. The van der Waals surface area contributed by atoms with E-state index in [4.69, 9.17) is 5.73 Å². The van der Waals surface area contributed by atoms with E-state index in [0.717, 1.165) is 60.5 Å². The number of aryl methyl sites for hydroxylation is 2. The van der Waals surface area contributed by atoms with Crippen molar-refractivity contribution < 1.29 is 66.8 Å². The first-order valence-electron chi connectivity index (χ1n) is 34.8. The van der Waals surface area contributed by atoms with Crippen molar-refractivity contribution in [3.63, 3.8) is 0 Å². The number of halogens is 1. The molecule has 0 bridgehead atoms. The number of non-ortho nitro benzene ring substituents is 1. The summed E-state index contributed by atoms with van der Waals surface area (Å²) in [5.41, 5.74) is 15.0. The third-order valence-electron chi connectivity index (χ3n) is 19.2. The Labute approximate surface area is 609 Å². The van der Waals surface area contributed by atoms with Gasteiger partial charge in [0.25, 0.3) is 34.6 Å². The number of rotatable bonds is 11. The van der Waals surface area contributed by atoms with Gasteiger partial charge in [-0.25, -0.2) is 29.3 Å². The minimum absolute atomic E-state index is 0.0332. The zero-order valence-electron chi connectivity index (χ0n) is 59.7. The van der Waals surface area contributed by atoms with Crippen LogP contribution in [0.25, 0.3) is 56.3 Å². The molecule has 27 nitrogen and oxygen atoms in total. The Morgan fingerprint density at radius 3 is 1.40 bits per heavy atom. The monoisotopic (exact) mass is 1440 g/mol. The molecule has 0 amide bonds. The van der Waals surface area contributed by atoms with Crippen LogP contribution in [0, 0.1) is 27.8 Å². The number of nitrogens with two attached hydrogens (primary N) is 1. The third-order valence-corrected chi connectivity index (χ3v) is 19.2. The van der Waals surface area contributed by atoms with Gasteiger partial charge in [0.2, 0.25) is 34.8 Å². The number of nitrogens with zero attached hydrogens (tertiary/aromatic N) is 8. The molecular weight excluding hydrogens is 1370 g/mol.